The molecule has 2 amide bonds. The molecule has 0 radical (unpaired) electrons. The van der Waals surface area contributed by atoms with Crippen LogP contribution in [0.1, 0.15) is 12.0 Å². The molecule has 0 aliphatic heterocycles. The minimum Gasteiger partial charge on any atom is -0.495 e. The highest BCUT2D eigenvalue weighted by atomic mass is 32.2. The number of para-hydroxylation sites is 2. The molecule has 0 aliphatic carbocycles. The second-order valence-electron chi connectivity index (χ2n) is 7.54. The second kappa shape index (κ2) is 12.2. The van der Waals surface area contributed by atoms with Crippen molar-refractivity contribution in [3.63, 3.8) is 0 Å². The molecular weight excluding hydrogens is 454 g/mol. The lowest BCUT2D eigenvalue weighted by Crippen LogP contribution is -2.35. The summed E-state index contributed by atoms with van der Waals surface area (Å²) in [5, 5.41) is 9.32. The maximum atomic E-state index is 13.3. The van der Waals surface area contributed by atoms with E-state index in [9.17, 15) is 9.59 Å². The predicted octanol–water partition coefficient (Wildman–Crippen LogP) is 2.91. The van der Waals surface area contributed by atoms with Crippen molar-refractivity contribution in [2.75, 3.05) is 38.0 Å². The van der Waals surface area contributed by atoms with Crippen molar-refractivity contribution < 1.29 is 19.1 Å². The van der Waals surface area contributed by atoms with Gasteiger partial charge in [-0.05, 0) is 25.1 Å². The molecule has 0 aliphatic rings. The largest absolute Gasteiger partial charge is 0.495 e. The van der Waals surface area contributed by atoms with E-state index in [0.717, 1.165) is 11.1 Å². The number of ether oxygens (including phenoxy) is 2. The summed E-state index contributed by atoms with van der Waals surface area (Å²) in [6.07, 6.45) is 0.0377. The number of aryl methyl sites for hydroxylation is 1. The molecule has 34 heavy (non-hydrogen) atoms. The molecule has 1 heterocycles. The van der Waals surface area contributed by atoms with Crippen LogP contribution in [0.2, 0.25) is 0 Å². The van der Waals surface area contributed by atoms with Crippen LogP contribution in [0.15, 0.2) is 53.7 Å². The molecule has 180 valence electrons. The average molecular weight is 484 g/mol. The average Bonchev–Trinajstić information content (AvgIpc) is 3.24. The molecule has 0 saturated carbocycles. The Morgan fingerprint density at radius 3 is 2.62 bits per heavy atom. The van der Waals surface area contributed by atoms with Crippen molar-refractivity contribution in [3.05, 3.63) is 54.1 Å². The van der Waals surface area contributed by atoms with Crippen LogP contribution in [0, 0.1) is 6.92 Å². The number of aromatic nitrogens is 3. The van der Waals surface area contributed by atoms with Crippen LogP contribution >= 0.6 is 11.8 Å². The number of carbonyl (C=O) groups is 2. The number of primary amides is 1. The highest BCUT2D eigenvalue weighted by molar-refractivity contribution is 7.99. The van der Waals surface area contributed by atoms with Crippen molar-refractivity contribution in [1.82, 2.24) is 14.8 Å². The Hall–Kier alpha value is -3.37. The van der Waals surface area contributed by atoms with Gasteiger partial charge in [0.15, 0.2) is 11.0 Å². The maximum Gasteiger partial charge on any atom is 0.237 e. The third-order valence-electron chi connectivity index (χ3n) is 5.10. The Kier molecular flexibility index (Phi) is 9.06. The summed E-state index contributed by atoms with van der Waals surface area (Å²) in [5.74, 6) is 0.661. The first-order valence-corrected chi connectivity index (χ1v) is 11.8. The number of hydrogen-bond acceptors (Lipinski definition) is 7. The van der Waals surface area contributed by atoms with Gasteiger partial charge in [0.05, 0.1) is 31.7 Å². The standard InChI is InChI=1S/C24H29N5O4S/c1-17-7-6-8-18(15-17)23-26-27-24(29(23)13-14-32-2)34-16-22(31)28(12-11-21(25)30)19-9-4-5-10-20(19)33-3/h4-10,15H,11-14,16H2,1-3H3,(H2,25,30). The number of methoxy groups -OCH3 is 2. The van der Waals surface area contributed by atoms with E-state index in [2.05, 4.69) is 10.2 Å². The highest BCUT2D eigenvalue weighted by Gasteiger charge is 2.22. The first kappa shape index (κ1) is 25.3. The fourth-order valence-electron chi connectivity index (χ4n) is 3.44. The van der Waals surface area contributed by atoms with Crippen LogP contribution in [0.4, 0.5) is 5.69 Å². The lowest BCUT2D eigenvalue weighted by Gasteiger charge is -2.24. The van der Waals surface area contributed by atoms with Crippen LogP contribution in [-0.4, -0.2) is 59.7 Å². The molecule has 2 N–H and O–H groups in total. The van der Waals surface area contributed by atoms with Gasteiger partial charge in [-0.25, -0.2) is 0 Å². The Morgan fingerprint density at radius 1 is 1.12 bits per heavy atom. The summed E-state index contributed by atoms with van der Waals surface area (Å²) in [4.78, 5) is 26.2. The van der Waals surface area contributed by atoms with Gasteiger partial charge in [0.2, 0.25) is 11.8 Å². The number of thioether (sulfide) groups is 1. The van der Waals surface area contributed by atoms with E-state index in [1.54, 1.807) is 19.2 Å². The molecule has 0 unspecified atom stereocenters. The zero-order valence-corrected chi connectivity index (χ0v) is 20.4. The number of nitrogens with two attached hydrogens (primary N) is 1. The SMILES string of the molecule is COCCn1c(SCC(=O)N(CCC(N)=O)c2ccccc2OC)nnc1-c1cccc(C)c1. The Bertz CT molecular complexity index is 1130. The van der Waals surface area contributed by atoms with Crippen LogP contribution in [0.3, 0.4) is 0 Å². The van der Waals surface area contributed by atoms with Crippen LogP contribution < -0.4 is 15.4 Å². The summed E-state index contributed by atoms with van der Waals surface area (Å²) in [7, 11) is 3.17. The fourth-order valence-corrected chi connectivity index (χ4v) is 4.28. The van der Waals surface area contributed by atoms with Crippen molar-refractivity contribution in [2.45, 2.75) is 25.0 Å². The molecule has 1 aromatic heterocycles. The minimum atomic E-state index is -0.484. The van der Waals surface area contributed by atoms with E-state index in [4.69, 9.17) is 15.2 Å². The van der Waals surface area contributed by atoms with Crippen LogP contribution in [0.25, 0.3) is 11.4 Å². The number of rotatable bonds is 12. The van der Waals surface area contributed by atoms with Gasteiger partial charge in [-0.1, -0.05) is 47.7 Å². The Balaban J connectivity index is 1.84. The lowest BCUT2D eigenvalue weighted by molar-refractivity contribution is -0.118. The molecule has 0 saturated heterocycles. The van der Waals surface area contributed by atoms with Crippen molar-refractivity contribution in [2.24, 2.45) is 5.73 Å². The zero-order chi connectivity index (χ0) is 24.5. The third kappa shape index (κ3) is 6.36. The first-order chi connectivity index (χ1) is 16.4. The summed E-state index contributed by atoms with van der Waals surface area (Å²) >= 11 is 1.28. The monoisotopic (exact) mass is 483 g/mol. The quantitative estimate of drug-likeness (QED) is 0.394. The van der Waals surface area contributed by atoms with E-state index >= 15 is 0 Å². The molecule has 9 nitrogen and oxygen atoms in total. The second-order valence-corrected chi connectivity index (χ2v) is 8.48. The van der Waals surface area contributed by atoms with Crippen LogP contribution in [-0.2, 0) is 20.9 Å². The number of benzene rings is 2. The molecule has 2 aromatic carbocycles. The molecule has 0 spiro atoms. The molecule has 0 bridgehead atoms. The Morgan fingerprint density at radius 2 is 1.91 bits per heavy atom. The maximum absolute atomic E-state index is 13.3. The fraction of sp³-hybridized carbons (Fsp3) is 0.333. The van der Waals surface area contributed by atoms with Crippen LogP contribution in [0.5, 0.6) is 5.75 Å². The van der Waals surface area contributed by atoms with E-state index in [1.165, 1.54) is 23.8 Å². The minimum absolute atomic E-state index is 0.0377. The highest BCUT2D eigenvalue weighted by Crippen LogP contribution is 2.30. The normalized spacial score (nSPS) is 10.8. The van der Waals surface area contributed by atoms with Gasteiger partial charge in [-0.15, -0.1) is 10.2 Å². The van der Waals surface area contributed by atoms with E-state index < -0.39 is 5.91 Å². The smallest absolute Gasteiger partial charge is 0.237 e. The van der Waals surface area contributed by atoms with E-state index in [0.29, 0.717) is 35.6 Å². The van der Waals surface area contributed by atoms with Gasteiger partial charge in [0.1, 0.15) is 5.75 Å². The zero-order valence-electron chi connectivity index (χ0n) is 19.6. The summed E-state index contributed by atoms with van der Waals surface area (Å²) in [5.41, 5.74) is 7.98. The number of amides is 2. The summed E-state index contributed by atoms with van der Waals surface area (Å²) in [6, 6.07) is 15.2. The van der Waals surface area contributed by atoms with Crippen molar-refractivity contribution >= 4 is 29.3 Å². The van der Waals surface area contributed by atoms with Gasteiger partial charge in [-0.2, -0.15) is 0 Å². The Labute approximate surface area is 203 Å². The number of nitrogens with zero attached hydrogens (tertiary/aromatic N) is 4. The molecular formula is C24H29N5O4S. The number of anilines is 1. The molecule has 10 heteroatoms. The van der Waals surface area contributed by atoms with Crippen molar-refractivity contribution in [1.29, 1.82) is 0 Å². The molecule has 3 aromatic rings. The van der Waals surface area contributed by atoms with Gasteiger partial charge >= 0.3 is 0 Å². The summed E-state index contributed by atoms with van der Waals surface area (Å²) < 4.78 is 12.6. The van der Waals surface area contributed by atoms with E-state index in [-0.39, 0.29) is 24.6 Å². The number of hydrogen-bond donors (Lipinski definition) is 1. The summed E-state index contributed by atoms with van der Waals surface area (Å²) in [6.45, 7) is 3.19. The lowest BCUT2D eigenvalue weighted by atomic mass is 10.1. The van der Waals surface area contributed by atoms with Crippen molar-refractivity contribution in [3.8, 4) is 17.1 Å². The third-order valence-corrected chi connectivity index (χ3v) is 6.05. The molecule has 0 fully saturated rings. The topological polar surface area (TPSA) is 113 Å². The first-order valence-electron chi connectivity index (χ1n) is 10.8. The van der Waals surface area contributed by atoms with Gasteiger partial charge < -0.3 is 20.1 Å². The van der Waals surface area contributed by atoms with E-state index in [1.807, 2.05) is 47.9 Å². The van der Waals surface area contributed by atoms with Gasteiger partial charge in [0, 0.05) is 25.6 Å². The number of carbonyl (C=O) groups excluding carboxylic acids is 2. The molecule has 3 rings (SSSR count). The van der Waals surface area contributed by atoms with Gasteiger partial charge in [0.25, 0.3) is 0 Å². The predicted molar refractivity (Wildman–Crippen MR) is 132 cm³/mol. The molecule has 0 atom stereocenters. The van der Waals surface area contributed by atoms with Gasteiger partial charge in [-0.3, -0.25) is 14.2 Å².